The van der Waals surface area contributed by atoms with Gasteiger partial charge in [-0.1, -0.05) is 28.1 Å². The van der Waals surface area contributed by atoms with E-state index in [1.807, 2.05) is 31.3 Å². The van der Waals surface area contributed by atoms with Crippen LogP contribution in [0, 0.1) is 0 Å². The lowest BCUT2D eigenvalue weighted by Gasteiger charge is -2.19. The summed E-state index contributed by atoms with van der Waals surface area (Å²) in [5.74, 6) is 1.37. The zero-order valence-corrected chi connectivity index (χ0v) is 15.1. The number of hydrogen-bond acceptors (Lipinski definition) is 3. The predicted molar refractivity (Wildman–Crippen MR) is 95.7 cm³/mol. The normalized spacial score (nSPS) is 14.1. The van der Waals surface area contributed by atoms with Crippen LogP contribution in [0.4, 0.5) is 5.69 Å². The lowest BCUT2D eigenvalue weighted by atomic mass is 10.2. The Kier molecular flexibility index (Phi) is 5.37. The molecule has 0 radical (unpaired) electrons. The molecule has 5 nitrogen and oxygen atoms in total. The van der Waals surface area contributed by atoms with Gasteiger partial charge in [0.2, 0.25) is 0 Å². The Morgan fingerprint density at radius 1 is 1.12 bits per heavy atom. The van der Waals surface area contributed by atoms with E-state index in [0.717, 1.165) is 27.4 Å². The second-order valence-corrected chi connectivity index (χ2v) is 6.76. The third kappa shape index (κ3) is 4.49. The minimum Gasteiger partial charge on any atom is -0.486 e. The van der Waals surface area contributed by atoms with Crippen molar-refractivity contribution >= 4 is 27.5 Å². The summed E-state index contributed by atoms with van der Waals surface area (Å²) in [5.41, 5.74) is 1.92. The van der Waals surface area contributed by atoms with Crippen LogP contribution in [-0.4, -0.2) is 32.7 Å². The standard InChI is InChI=1S/C18H19BrN2O3/c1-21(11-13-2-4-14(19)5-3-13)12-18(22)20-15-6-7-16-17(10-15)24-9-8-23-16/h2-7,10H,8-9,11-12H2,1H3,(H,20,22)/p+1. The Morgan fingerprint density at radius 2 is 1.83 bits per heavy atom. The fraction of sp³-hybridized carbons (Fsp3) is 0.278. The van der Waals surface area contributed by atoms with Crippen LogP contribution >= 0.6 is 15.9 Å². The number of hydrogen-bond donors (Lipinski definition) is 2. The fourth-order valence-corrected chi connectivity index (χ4v) is 2.88. The maximum absolute atomic E-state index is 12.2. The number of halogens is 1. The molecule has 1 atom stereocenters. The smallest absolute Gasteiger partial charge is 0.279 e. The van der Waals surface area contributed by atoms with Crippen molar-refractivity contribution in [3.8, 4) is 11.5 Å². The summed E-state index contributed by atoms with van der Waals surface area (Å²) < 4.78 is 12.1. The molecule has 2 aromatic carbocycles. The molecule has 6 heteroatoms. The predicted octanol–water partition coefficient (Wildman–Crippen LogP) is 1.87. The van der Waals surface area contributed by atoms with Crippen molar-refractivity contribution in [2.24, 2.45) is 0 Å². The third-order valence-electron chi connectivity index (χ3n) is 3.71. The monoisotopic (exact) mass is 391 g/mol. The molecule has 126 valence electrons. The first kappa shape index (κ1) is 16.8. The highest BCUT2D eigenvalue weighted by molar-refractivity contribution is 9.10. The molecule has 0 fully saturated rings. The molecule has 3 rings (SSSR count). The second kappa shape index (κ2) is 7.68. The maximum Gasteiger partial charge on any atom is 0.279 e. The lowest BCUT2D eigenvalue weighted by molar-refractivity contribution is -0.885. The van der Waals surface area contributed by atoms with Gasteiger partial charge in [0.1, 0.15) is 19.8 Å². The molecule has 1 unspecified atom stereocenters. The van der Waals surface area contributed by atoms with Gasteiger partial charge in [-0.15, -0.1) is 0 Å². The molecule has 1 amide bonds. The van der Waals surface area contributed by atoms with Crippen molar-refractivity contribution in [3.63, 3.8) is 0 Å². The zero-order valence-electron chi connectivity index (χ0n) is 13.5. The zero-order chi connectivity index (χ0) is 16.9. The minimum atomic E-state index is -0.0266. The Hall–Kier alpha value is -2.05. The highest BCUT2D eigenvalue weighted by Crippen LogP contribution is 2.32. The highest BCUT2D eigenvalue weighted by Gasteiger charge is 2.14. The Bertz CT molecular complexity index is 719. The SMILES string of the molecule is C[NH+](CC(=O)Nc1ccc2c(c1)OCCO2)Cc1ccc(Br)cc1. The summed E-state index contributed by atoms with van der Waals surface area (Å²) in [7, 11) is 2.01. The summed E-state index contributed by atoms with van der Waals surface area (Å²) >= 11 is 3.43. The van der Waals surface area contributed by atoms with Crippen molar-refractivity contribution in [1.29, 1.82) is 0 Å². The largest absolute Gasteiger partial charge is 0.486 e. The van der Waals surface area contributed by atoms with E-state index in [-0.39, 0.29) is 5.91 Å². The molecule has 1 aliphatic rings. The van der Waals surface area contributed by atoms with Crippen LogP contribution in [0.25, 0.3) is 0 Å². The second-order valence-electron chi connectivity index (χ2n) is 5.84. The molecule has 2 N–H and O–H groups in total. The van der Waals surface area contributed by atoms with E-state index in [1.165, 1.54) is 5.56 Å². The summed E-state index contributed by atoms with van der Waals surface area (Å²) in [6, 6.07) is 13.6. The van der Waals surface area contributed by atoms with Crippen LogP contribution in [-0.2, 0) is 11.3 Å². The first-order valence-corrected chi connectivity index (χ1v) is 8.65. The van der Waals surface area contributed by atoms with E-state index in [9.17, 15) is 4.79 Å². The van der Waals surface area contributed by atoms with Gasteiger partial charge in [0.15, 0.2) is 18.0 Å². The molecular weight excluding hydrogens is 372 g/mol. The highest BCUT2D eigenvalue weighted by atomic mass is 79.9. The van der Waals surface area contributed by atoms with Gasteiger partial charge >= 0.3 is 0 Å². The van der Waals surface area contributed by atoms with Gasteiger partial charge in [-0.25, -0.2) is 0 Å². The van der Waals surface area contributed by atoms with Crippen LogP contribution in [0.15, 0.2) is 46.9 Å². The molecule has 1 aliphatic heterocycles. The number of ether oxygens (including phenoxy) is 2. The summed E-state index contributed by atoms with van der Waals surface area (Å²) in [5, 5.41) is 2.92. The number of rotatable bonds is 5. The first-order valence-electron chi connectivity index (χ1n) is 7.85. The van der Waals surface area contributed by atoms with Crippen molar-refractivity contribution in [1.82, 2.24) is 0 Å². The number of nitrogens with one attached hydrogen (secondary N) is 2. The molecule has 0 saturated heterocycles. The van der Waals surface area contributed by atoms with Crippen LogP contribution in [0.3, 0.4) is 0 Å². The van der Waals surface area contributed by atoms with Gasteiger partial charge in [0, 0.05) is 21.8 Å². The molecule has 0 aliphatic carbocycles. The van der Waals surface area contributed by atoms with E-state index in [1.54, 1.807) is 6.07 Å². The Balaban J connectivity index is 1.54. The number of likely N-dealkylation sites (N-methyl/N-ethyl adjacent to an activating group) is 1. The van der Waals surface area contributed by atoms with Gasteiger partial charge < -0.3 is 19.7 Å². The molecule has 0 saturated carbocycles. The van der Waals surface area contributed by atoms with Gasteiger partial charge in [0.05, 0.1) is 7.05 Å². The van der Waals surface area contributed by atoms with Crippen molar-refractivity contribution in [2.75, 3.05) is 32.1 Å². The van der Waals surface area contributed by atoms with Gasteiger partial charge in [-0.05, 0) is 24.3 Å². The number of carbonyl (C=O) groups is 1. The van der Waals surface area contributed by atoms with Crippen molar-refractivity contribution in [2.45, 2.75) is 6.54 Å². The maximum atomic E-state index is 12.2. The van der Waals surface area contributed by atoms with Gasteiger partial charge in [-0.2, -0.15) is 0 Å². The minimum absolute atomic E-state index is 0.0266. The molecule has 0 aromatic heterocycles. The quantitative estimate of drug-likeness (QED) is 0.817. The number of benzene rings is 2. The summed E-state index contributed by atoms with van der Waals surface area (Å²) in [6.45, 7) is 2.28. The first-order chi connectivity index (χ1) is 11.6. The number of anilines is 1. The van der Waals surface area contributed by atoms with E-state index in [0.29, 0.717) is 25.5 Å². The average Bonchev–Trinajstić information content (AvgIpc) is 2.56. The summed E-state index contributed by atoms with van der Waals surface area (Å²) in [4.78, 5) is 13.3. The van der Waals surface area contributed by atoms with E-state index in [2.05, 4.69) is 33.4 Å². The van der Waals surface area contributed by atoms with E-state index < -0.39 is 0 Å². The van der Waals surface area contributed by atoms with Crippen molar-refractivity contribution in [3.05, 3.63) is 52.5 Å². The number of carbonyl (C=O) groups excluding carboxylic acids is 1. The molecule has 24 heavy (non-hydrogen) atoms. The number of amides is 1. The van der Waals surface area contributed by atoms with Gasteiger partial charge in [-0.3, -0.25) is 4.79 Å². The number of fused-ring (bicyclic) bond motifs is 1. The molecule has 2 aromatic rings. The third-order valence-corrected chi connectivity index (χ3v) is 4.24. The van der Waals surface area contributed by atoms with Crippen LogP contribution in [0.5, 0.6) is 11.5 Å². The summed E-state index contributed by atoms with van der Waals surface area (Å²) in [6.07, 6.45) is 0. The average molecular weight is 392 g/mol. The molecule has 1 heterocycles. The van der Waals surface area contributed by atoms with Crippen molar-refractivity contribution < 1.29 is 19.2 Å². The molecule has 0 spiro atoms. The topological polar surface area (TPSA) is 52.0 Å². The fourth-order valence-electron chi connectivity index (χ4n) is 2.61. The molecule has 0 bridgehead atoms. The van der Waals surface area contributed by atoms with Crippen LogP contribution in [0.1, 0.15) is 5.56 Å². The van der Waals surface area contributed by atoms with Gasteiger partial charge in [0.25, 0.3) is 5.91 Å². The van der Waals surface area contributed by atoms with E-state index >= 15 is 0 Å². The molecular formula is C18H20BrN2O3+. The Labute approximate surface area is 149 Å². The van der Waals surface area contributed by atoms with Crippen LogP contribution in [0.2, 0.25) is 0 Å². The number of quaternary nitrogens is 1. The van der Waals surface area contributed by atoms with Crippen LogP contribution < -0.4 is 19.7 Å². The van der Waals surface area contributed by atoms with E-state index in [4.69, 9.17) is 9.47 Å². The Morgan fingerprint density at radius 3 is 2.58 bits per heavy atom. The lowest BCUT2D eigenvalue weighted by Crippen LogP contribution is -3.08.